The quantitative estimate of drug-likeness (QED) is 0.575. The number of nitriles is 2. The van der Waals surface area contributed by atoms with Crippen LogP contribution in [0.4, 0.5) is 5.69 Å². The van der Waals surface area contributed by atoms with Gasteiger partial charge in [0.2, 0.25) is 0 Å². The highest BCUT2D eigenvalue weighted by Gasteiger charge is 2.43. The van der Waals surface area contributed by atoms with Crippen LogP contribution in [0.15, 0.2) is 43.1 Å². The predicted molar refractivity (Wildman–Crippen MR) is 97.5 cm³/mol. The van der Waals surface area contributed by atoms with Crippen molar-refractivity contribution in [3.05, 3.63) is 48.7 Å². The Bertz CT molecular complexity index is 1270. The molecule has 1 N–H and O–H groups in total. The molecule has 4 heterocycles. The average Bonchev–Trinajstić information content (AvgIpc) is 3.13. The van der Waals surface area contributed by atoms with Gasteiger partial charge in [-0.3, -0.25) is 0 Å². The van der Waals surface area contributed by atoms with Gasteiger partial charge in [0.1, 0.15) is 17.3 Å². The molecule has 0 saturated heterocycles. The van der Waals surface area contributed by atoms with E-state index in [4.69, 9.17) is 5.26 Å². The molecule has 1 fully saturated rings. The van der Waals surface area contributed by atoms with Crippen LogP contribution in [-0.4, -0.2) is 40.3 Å². The molecule has 5 rings (SSSR count). The highest BCUT2D eigenvalue weighted by molar-refractivity contribution is 5.77. The summed E-state index contributed by atoms with van der Waals surface area (Å²) < 4.78 is 3.18. The molecule has 10 nitrogen and oxygen atoms in total. The Labute approximate surface area is 158 Å². The van der Waals surface area contributed by atoms with Gasteiger partial charge in [-0.25, -0.2) is 14.6 Å². The fourth-order valence-corrected chi connectivity index (χ4v) is 2.97. The normalized spacial score (nSPS) is 14.4. The third-order valence-corrected chi connectivity index (χ3v) is 4.63. The fourth-order valence-electron chi connectivity index (χ4n) is 2.97. The van der Waals surface area contributed by atoms with Crippen LogP contribution in [0.2, 0.25) is 0 Å². The monoisotopic (exact) mass is 368 g/mol. The largest absolute Gasteiger partial charge is 0.365 e. The maximum atomic E-state index is 9.47. The number of pyridine rings is 2. The minimum absolute atomic E-state index is 0.466. The second-order valence-corrected chi connectivity index (χ2v) is 6.53. The lowest BCUT2D eigenvalue weighted by molar-refractivity contribution is 0.790. The van der Waals surface area contributed by atoms with Gasteiger partial charge in [-0.05, 0) is 18.9 Å². The van der Waals surface area contributed by atoms with Crippen molar-refractivity contribution in [2.75, 3.05) is 5.32 Å². The lowest BCUT2D eigenvalue weighted by Crippen LogP contribution is -2.20. The van der Waals surface area contributed by atoms with Gasteiger partial charge in [-0.1, -0.05) is 5.21 Å². The summed E-state index contributed by atoms with van der Waals surface area (Å²) in [5.41, 5.74) is 1.87. The van der Waals surface area contributed by atoms with Crippen molar-refractivity contribution < 1.29 is 0 Å². The molecule has 0 aliphatic heterocycles. The Morgan fingerprint density at radius 2 is 2.00 bits per heavy atom. The van der Waals surface area contributed by atoms with Gasteiger partial charge in [0, 0.05) is 17.6 Å². The number of fused-ring (bicyclic) bond motifs is 1. The second kappa shape index (κ2) is 5.86. The van der Waals surface area contributed by atoms with Crippen LogP contribution in [0.25, 0.3) is 22.5 Å². The third kappa shape index (κ3) is 2.52. The minimum atomic E-state index is -0.569. The highest BCUT2D eigenvalue weighted by atomic mass is 15.4. The topological polar surface area (TPSA) is 134 Å². The molecule has 28 heavy (non-hydrogen) atoms. The Morgan fingerprint density at radius 1 is 1.11 bits per heavy atom. The van der Waals surface area contributed by atoms with Crippen LogP contribution in [0.1, 0.15) is 18.4 Å². The summed E-state index contributed by atoms with van der Waals surface area (Å²) in [6.45, 7) is 0. The minimum Gasteiger partial charge on any atom is -0.365 e. The van der Waals surface area contributed by atoms with E-state index in [-0.39, 0.29) is 0 Å². The molecule has 4 aromatic rings. The van der Waals surface area contributed by atoms with Crippen molar-refractivity contribution in [2.24, 2.45) is 0 Å². The second-order valence-electron chi connectivity index (χ2n) is 6.53. The van der Waals surface area contributed by atoms with Gasteiger partial charge in [0.05, 0.1) is 42.1 Å². The van der Waals surface area contributed by atoms with E-state index < -0.39 is 5.54 Å². The number of aromatic nitrogens is 7. The molecule has 1 aliphatic carbocycles. The summed E-state index contributed by atoms with van der Waals surface area (Å²) in [7, 11) is 0. The predicted octanol–water partition coefficient (Wildman–Crippen LogP) is 1.74. The van der Waals surface area contributed by atoms with Crippen molar-refractivity contribution in [1.29, 1.82) is 10.5 Å². The van der Waals surface area contributed by atoms with Crippen molar-refractivity contribution in [3.8, 4) is 23.6 Å². The summed E-state index contributed by atoms with van der Waals surface area (Å²) in [4.78, 5) is 8.82. The number of hydrogen-bond acceptors (Lipinski definition) is 8. The zero-order valence-corrected chi connectivity index (χ0v) is 14.5. The van der Waals surface area contributed by atoms with E-state index in [0.717, 1.165) is 18.2 Å². The van der Waals surface area contributed by atoms with Crippen LogP contribution >= 0.6 is 0 Å². The van der Waals surface area contributed by atoms with E-state index in [0.29, 0.717) is 28.4 Å². The maximum absolute atomic E-state index is 9.47. The number of rotatable bonds is 4. The van der Waals surface area contributed by atoms with Gasteiger partial charge in [0.15, 0.2) is 11.5 Å². The standard InChI is InChI=1S/C18H12N10/c19-7-12-5-13-9-24-28(17(13)22-8-12)16-6-14(25-18(11-20)1-2-18)15(10-21-16)27-4-3-23-26-27/h3-6,8-10H,1-2H2,(H,21,25). The SMILES string of the molecule is N#Cc1cnc2c(cnn2-c2cc(NC3(C#N)CC3)c(-n3ccnn3)cn2)c1. The summed E-state index contributed by atoms with van der Waals surface area (Å²) in [6.07, 6.45) is 9.63. The molecule has 0 atom stereocenters. The zero-order chi connectivity index (χ0) is 19.1. The van der Waals surface area contributed by atoms with Gasteiger partial charge >= 0.3 is 0 Å². The van der Waals surface area contributed by atoms with Gasteiger partial charge in [-0.15, -0.1) is 5.10 Å². The molecular formula is C18H12N10. The van der Waals surface area contributed by atoms with Crippen LogP contribution in [0, 0.1) is 22.7 Å². The Balaban J connectivity index is 1.63. The van der Waals surface area contributed by atoms with Crippen molar-refractivity contribution in [3.63, 3.8) is 0 Å². The number of anilines is 1. The van der Waals surface area contributed by atoms with Crippen molar-refractivity contribution in [1.82, 2.24) is 34.7 Å². The Morgan fingerprint density at radius 3 is 2.71 bits per heavy atom. The lowest BCUT2D eigenvalue weighted by Gasteiger charge is -2.16. The first-order valence-electron chi connectivity index (χ1n) is 8.52. The molecular weight excluding hydrogens is 356 g/mol. The molecule has 0 aromatic carbocycles. The summed E-state index contributed by atoms with van der Waals surface area (Å²) >= 11 is 0. The Hall–Kier alpha value is -4.31. The summed E-state index contributed by atoms with van der Waals surface area (Å²) in [6, 6.07) is 7.93. The molecule has 0 radical (unpaired) electrons. The van der Waals surface area contributed by atoms with Crippen LogP contribution in [0.5, 0.6) is 0 Å². The third-order valence-electron chi connectivity index (χ3n) is 4.63. The van der Waals surface area contributed by atoms with Crippen LogP contribution in [0.3, 0.4) is 0 Å². The molecule has 0 amide bonds. The van der Waals surface area contributed by atoms with Crippen molar-refractivity contribution >= 4 is 16.7 Å². The lowest BCUT2D eigenvalue weighted by atomic mass is 10.2. The van der Waals surface area contributed by atoms with E-state index in [2.05, 4.69) is 42.8 Å². The molecule has 0 unspecified atom stereocenters. The van der Waals surface area contributed by atoms with Crippen molar-refractivity contribution in [2.45, 2.75) is 18.4 Å². The van der Waals surface area contributed by atoms with Gasteiger partial charge in [0.25, 0.3) is 0 Å². The molecule has 0 bridgehead atoms. The molecule has 1 aliphatic rings. The number of hydrogen-bond donors (Lipinski definition) is 1. The maximum Gasteiger partial charge on any atom is 0.164 e. The van der Waals surface area contributed by atoms with Gasteiger partial charge < -0.3 is 5.32 Å². The van der Waals surface area contributed by atoms with Crippen LogP contribution in [-0.2, 0) is 0 Å². The van der Waals surface area contributed by atoms with E-state index in [9.17, 15) is 5.26 Å². The first-order chi connectivity index (χ1) is 13.7. The molecule has 1 saturated carbocycles. The van der Waals surface area contributed by atoms with E-state index in [1.807, 2.05) is 0 Å². The summed E-state index contributed by atoms with van der Waals surface area (Å²) in [5, 5.41) is 34.8. The molecule has 4 aromatic heterocycles. The molecule has 0 spiro atoms. The zero-order valence-electron chi connectivity index (χ0n) is 14.5. The van der Waals surface area contributed by atoms with E-state index in [1.165, 1.54) is 6.20 Å². The smallest absolute Gasteiger partial charge is 0.164 e. The molecule has 10 heteroatoms. The van der Waals surface area contributed by atoms with E-state index in [1.54, 1.807) is 46.3 Å². The van der Waals surface area contributed by atoms with Crippen LogP contribution < -0.4 is 5.32 Å². The number of nitrogens with zero attached hydrogens (tertiary/aromatic N) is 9. The fraction of sp³-hybridized carbons (Fsp3) is 0.167. The highest BCUT2D eigenvalue weighted by Crippen LogP contribution is 2.39. The first-order valence-corrected chi connectivity index (χ1v) is 8.52. The van der Waals surface area contributed by atoms with E-state index >= 15 is 0 Å². The summed E-state index contributed by atoms with van der Waals surface area (Å²) in [5.74, 6) is 0.535. The average molecular weight is 368 g/mol. The van der Waals surface area contributed by atoms with Gasteiger partial charge in [-0.2, -0.15) is 20.3 Å². The first kappa shape index (κ1) is 15.9. The molecule has 134 valence electrons. The Kier molecular flexibility index (Phi) is 3.33. The number of nitrogens with one attached hydrogen (secondary N) is 1.